The fourth-order valence-electron chi connectivity index (χ4n) is 6.51. The van der Waals surface area contributed by atoms with Crippen LogP contribution in [-0.4, -0.2) is 58.9 Å². The number of fused-ring (bicyclic) bond motifs is 3. The highest BCUT2D eigenvalue weighted by Crippen LogP contribution is 2.39. The number of carbonyl (C=O) groups is 1. The largest absolute Gasteiger partial charge is 0.456 e. The first-order valence-electron chi connectivity index (χ1n) is 14.6. The van der Waals surface area contributed by atoms with Crippen molar-refractivity contribution in [3.05, 3.63) is 48.6 Å². The number of esters is 1. The molecule has 6 nitrogen and oxygen atoms in total. The molecule has 0 spiro atoms. The van der Waals surface area contributed by atoms with Gasteiger partial charge in [0.05, 0.1) is 24.4 Å². The minimum Gasteiger partial charge on any atom is -0.456 e. The van der Waals surface area contributed by atoms with E-state index in [4.69, 9.17) is 14.2 Å². The van der Waals surface area contributed by atoms with Gasteiger partial charge in [0.25, 0.3) is 0 Å². The van der Waals surface area contributed by atoms with Crippen molar-refractivity contribution >= 4 is 5.97 Å². The smallest absolute Gasteiger partial charge is 0.330 e. The van der Waals surface area contributed by atoms with E-state index in [-0.39, 0.29) is 24.4 Å². The molecule has 2 fully saturated rings. The van der Waals surface area contributed by atoms with Gasteiger partial charge >= 0.3 is 5.97 Å². The number of hydrogen-bond donors (Lipinski definition) is 2. The molecule has 4 rings (SSSR count). The molecule has 0 aromatic heterocycles. The third kappa shape index (κ3) is 8.90. The van der Waals surface area contributed by atoms with Crippen LogP contribution >= 0.6 is 0 Å². The van der Waals surface area contributed by atoms with Crippen molar-refractivity contribution in [1.29, 1.82) is 0 Å². The standard InChI is InChI=1S/C32H48O6/c1-21-16-22(2)18-27(34)31-29(38-31)19-28(26(33)14-13-23-8-7-15-32(3,4)20-23)37-30(35)12-6-10-24-9-5-11-25(17-21)36-24/h5-6,9,12-14,21,23-29,31,33-34H,2,7-8,10-11,15-20H2,1,3-4H3/t21-,23?,24-,25-,26-,27-,28?,29-,31-/m0/s1. The Morgan fingerprint density at radius 3 is 2.76 bits per heavy atom. The highest BCUT2D eigenvalue weighted by Gasteiger charge is 2.46. The summed E-state index contributed by atoms with van der Waals surface area (Å²) in [6, 6.07) is 0. The van der Waals surface area contributed by atoms with Crippen LogP contribution in [-0.2, 0) is 19.0 Å². The van der Waals surface area contributed by atoms with Crippen molar-refractivity contribution in [3.63, 3.8) is 0 Å². The summed E-state index contributed by atoms with van der Waals surface area (Å²) < 4.78 is 17.8. The van der Waals surface area contributed by atoms with Gasteiger partial charge in [-0.3, -0.25) is 0 Å². The molecule has 2 N–H and O–H groups in total. The Morgan fingerprint density at radius 2 is 1.97 bits per heavy atom. The van der Waals surface area contributed by atoms with E-state index in [0.717, 1.165) is 37.7 Å². The molecule has 38 heavy (non-hydrogen) atoms. The Morgan fingerprint density at radius 1 is 1.16 bits per heavy atom. The van der Waals surface area contributed by atoms with Crippen LogP contribution in [0.3, 0.4) is 0 Å². The number of epoxide rings is 1. The lowest BCUT2D eigenvalue weighted by Gasteiger charge is -2.34. The summed E-state index contributed by atoms with van der Waals surface area (Å²) in [6.07, 6.45) is 17.1. The molecule has 6 heteroatoms. The van der Waals surface area contributed by atoms with Gasteiger partial charge in [-0.1, -0.05) is 69.7 Å². The quantitative estimate of drug-likeness (QED) is 0.282. The summed E-state index contributed by atoms with van der Waals surface area (Å²) in [7, 11) is 0. The summed E-state index contributed by atoms with van der Waals surface area (Å²) in [5, 5.41) is 21.8. The number of aliphatic hydroxyl groups is 2. The predicted molar refractivity (Wildman–Crippen MR) is 148 cm³/mol. The molecule has 0 amide bonds. The van der Waals surface area contributed by atoms with Gasteiger partial charge in [-0.2, -0.15) is 0 Å². The van der Waals surface area contributed by atoms with Gasteiger partial charge < -0.3 is 24.4 Å². The zero-order chi connectivity index (χ0) is 27.3. The Kier molecular flexibility index (Phi) is 10.1. The number of aliphatic hydroxyl groups excluding tert-OH is 2. The van der Waals surface area contributed by atoms with Gasteiger partial charge in [-0.05, 0) is 68.6 Å². The topological polar surface area (TPSA) is 88.5 Å². The van der Waals surface area contributed by atoms with Crippen molar-refractivity contribution in [2.75, 3.05) is 0 Å². The molecule has 4 aliphatic rings. The van der Waals surface area contributed by atoms with Gasteiger partial charge in [0.15, 0.2) is 0 Å². The molecule has 1 saturated carbocycles. The first-order chi connectivity index (χ1) is 18.1. The monoisotopic (exact) mass is 528 g/mol. The van der Waals surface area contributed by atoms with Gasteiger partial charge in [0.2, 0.25) is 0 Å². The summed E-state index contributed by atoms with van der Waals surface area (Å²) in [5.41, 5.74) is 1.31. The molecule has 1 saturated heterocycles. The summed E-state index contributed by atoms with van der Waals surface area (Å²) in [5.74, 6) is 0.322. The second-order valence-electron chi connectivity index (χ2n) is 12.9. The fourth-order valence-corrected chi connectivity index (χ4v) is 6.51. The van der Waals surface area contributed by atoms with Gasteiger partial charge in [0.1, 0.15) is 18.3 Å². The van der Waals surface area contributed by atoms with Crippen molar-refractivity contribution in [1.82, 2.24) is 0 Å². The normalized spacial score (nSPS) is 39.6. The van der Waals surface area contributed by atoms with Crippen LogP contribution in [0.2, 0.25) is 0 Å². The number of carbonyl (C=O) groups excluding carboxylic acids is 1. The number of cyclic esters (lactones) is 1. The molecular weight excluding hydrogens is 480 g/mol. The number of hydrogen-bond acceptors (Lipinski definition) is 6. The van der Waals surface area contributed by atoms with E-state index in [0.29, 0.717) is 36.5 Å². The Labute approximate surface area is 228 Å². The summed E-state index contributed by atoms with van der Waals surface area (Å²) >= 11 is 0. The maximum absolute atomic E-state index is 12.7. The average Bonchev–Trinajstić information content (AvgIpc) is 3.60. The van der Waals surface area contributed by atoms with Crippen LogP contribution in [0.1, 0.15) is 85.0 Å². The molecule has 3 heterocycles. The zero-order valence-electron chi connectivity index (χ0n) is 23.5. The third-order valence-electron chi connectivity index (χ3n) is 8.48. The van der Waals surface area contributed by atoms with Crippen LogP contribution in [0.5, 0.6) is 0 Å². The highest BCUT2D eigenvalue weighted by molar-refractivity contribution is 5.82. The van der Waals surface area contributed by atoms with E-state index < -0.39 is 24.3 Å². The van der Waals surface area contributed by atoms with Crippen molar-refractivity contribution in [2.45, 2.75) is 128 Å². The van der Waals surface area contributed by atoms with Crippen molar-refractivity contribution < 1.29 is 29.2 Å². The van der Waals surface area contributed by atoms with E-state index in [9.17, 15) is 15.0 Å². The molecule has 2 unspecified atom stereocenters. The fraction of sp³-hybridized carbons (Fsp3) is 0.719. The first kappa shape index (κ1) is 29.3. The molecule has 0 radical (unpaired) electrons. The minimum absolute atomic E-state index is 0.0707. The Balaban J connectivity index is 1.44. The SMILES string of the molecule is C=C1C[C@H](C)C[C@@H]2CC=C[C@@H](CC=CC(=O)OC([C@@H](O)C=CC3CCCC(C)(C)C3)C[C@@H]3O[C@H]3[C@@H](O)C1)O2. The van der Waals surface area contributed by atoms with Crippen molar-refractivity contribution in [2.24, 2.45) is 17.3 Å². The minimum atomic E-state index is -0.939. The second-order valence-corrected chi connectivity index (χ2v) is 12.9. The second kappa shape index (κ2) is 13.1. The van der Waals surface area contributed by atoms with Gasteiger partial charge in [-0.25, -0.2) is 4.79 Å². The van der Waals surface area contributed by atoms with Gasteiger partial charge in [-0.15, -0.1) is 0 Å². The number of allylic oxidation sites excluding steroid dienone is 1. The van der Waals surface area contributed by atoms with Crippen molar-refractivity contribution in [3.8, 4) is 0 Å². The lowest BCUT2D eigenvalue weighted by Crippen LogP contribution is -2.32. The van der Waals surface area contributed by atoms with Crippen LogP contribution in [0.15, 0.2) is 48.6 Å². The van der Waals surface area contributed by atoms with E-state index in [1.165, 1.54) is 18.9 Å². The van der Waals surface area contributed by atoms with Crippen LogP contribution in [0, 0.1) is 17.3 Å². The predicted octanol–water partition coefficient (Wildman–Crippen LogP) is 5.59. The molecule has 1 aliphatic carbocycles. The molecule has 3 aliphatic heterocycles. The van der Waals surface area contributed by atoms with E-state index in [1.54, 1.807) is 12.2 Å². The lowest BCUT2D eigenvalue weighted by atomic mass is 9.72. The first-order valence-corrected chi connectivity index (χ1v) is 14.6. The zero-order valence-corrected chi connectivity index (χ0v) is 23.5. The molecule has 0 aromatic carbocycles. The van der Waals surface area contributed by atoms with Crippen LogP contribution in [0.25, 0.3) is 0 Å². The average molecular weight is 529 g/mol. The van der Waals surface area contributed by atoms with E-state index in [2.05, 4.69) is 45.6 Å². The highest BCUT2D eigenvalue weighted by atomic mass is 16.6. The summed E-state index contributed by atoms with van der Waals surface area (Å²) in [4.78, 5) is 12.7. The molecule has 0 aromatic rings. The maximum Gasteiger partial charge on any atom is 0.330 e. The molecular formula is C32H48O6. The van der Waals surface area contributed by atoms with E-state index in [1.807, 2.05) is 0 Å². The molecule has 9 atom stereocenters. The van der Waals surface area contributed by atoms with E-state index >= 15 is 0 Å². The molecule has 2 bridgehead atoms. The van der Waals surface area contributed by atoms with Crippen LogP contribution < -0.4 is 0 Å². The van der Waals surface area contributed by atoms with Gasteiger partial charge in [0, 0.05) is 12.5 Å². The van der Waals surface area contributed by atoms with Crippen LogP contribution in [0.4, 0.5) is 0 Å². The number of rotatable bonds is 3. The third-order valence-corrected chi connectivity index (χ3v) is 8.48. The Hall–Kier alpha value is -1.73. The molecule has 212 valence electrons. The Bertz CT molecular complexity index is 904. The lowest BCUT2D eigenvalue weighted by molar-refractivity contribution is -0.148. The summed E-state index contributed by atoms with van der Waals surface area (Å²) in [6.45, 7) is 11.0. The number of ether oxygens (including phenoxy) is 3. The maximum atomic E-state index is 12.7.